The molecule has 0 aromatic heterocycles. The van der Waals surface area contributed by atoms with Gasteiger partial charge in [-0.2, -0.15) is 0 Å². The van der Waals surface area contributed by atoms with Crippen LogP contribution in [0.5, 0.6) is 5.75 Å². The Bertz CT molecular complexity index is 562. The van der Waals surface area contributed by atoms with Crippen LogP contribution in [0.4, 0.5) is 4.39 Å². The molecule has 0 saturated heterocycles. The molecule has 1 saturated carbocycles. The highest BCUT2D eigenvalue weighted by Crippen LogP contribution is 2.26. The zero-order valence-corrected chi connectivity index (χ0v) is 12.6. The summed E-state index contributed by atoms with van der Waals surface area (Å²) >= 11 is 0. The zero-order chi connectivity index (χ0) is 16.1. The van der Waals surface area contributed by atoms with Crippen LogP contribution in [0, 0.1) is 11.7 Å². The molecule has 1 aromatic carbocycles. The molecule has 120 valence electrons. The number of carbonyl (C=O) groups excluding carboxylic acids is 2. The average molecular weight is 308 g/mol. The topological polar surface area (TPSA) is 81.4 Å². The first kappa shape index (κ1) is 16.3. The minimum atomic E-state index is -0.579. The first-order valence-electron chi connectivity index (χ1n) is 7.56. The number of nitrogens with one attached hydrogen (secondary N) is 1. The number of benzene rings is 1. The van der Waals surface area contributed by atoms with Crippen molar-refractivity contribution in [2.45, 2.75) is 38.6 Å². The maximum atomic E-state index is 13.8. The second-order valence-electron chi connectivity index (χ2n) is 5.42. The van der Waals surface area contributed by atoms with Crippen molar-refractivity contribution < 1.29 is 18.7 Å². The molecule has 0 radical (unpaired) electrons. The Balaban J connectivity index is 2.18. The lowest BCUT2D eigenvalue weighted by Gasteiger charge is -2.30. The molecule has 1 fully saturated rings. The van der Waals surface area contributed by atoms with Gasteiger partial charge in [0.25, 0.3) is 5.91 Å². The number of para-hydroxylation sites is 1. The van der Waals surface area contributed by atoms with Gasteiger partial charge in [-0.15, -0.1) is 0 Å². The monoisotopic (exact) mass is 308 g/mol. The van der Waals surface area contributed by atoms with Crippen LogP contribution in [0.15, 0.2) is 18.2 Å². The largest absolute Gasteiger partial charge is 0.490 e. The van der Waals surface area contributed by atoms with E-state index in [1.165, 1.54) is 18.2 Å². The minimum absolute atomic E-state index is 0.0612. The van der Waals surface area contributed by atoms with E-state index in [0.29, 0.717) is 12.8 Å². The smallest absolute Gasteiger partial charge is 0.255 e. The third-order valence-corrected chi connectivity index (χ3v) is 3.95. The third-order valence-electron chi connectivity index (χ3n) is 3.95. The molecule has 0 aliphatic heterocycles. The predicted octanol–water partition coefficient (Wildman–Crippen LogP) is 2.00. The fourth-order valence-corrected chi connectivity index (χ4v) is 2.87. The van der Waals surface area contributed by atoms with Gasteiger partial charge in [-0.25, -0.2) is 4.39 Å². The Labute approximate surface area is 129 Å². The van der Waals surface area contributed by atoms with Crippen LogP contribution >= 0.6 is 0 Å². The summed E-state index contributed by atoms with van der Waals surface area (Å²) in [6, 6.07) is 3.90. The number of hydrogen-bond acceptors (Lipinski definition) is 3. The molecule has 2 atom stereocenters. The lowest BCUT2D eigenvalue weighted by molar-refractivity contribution is -0.123. The van der Waals surface area contributed by atoms with Crippen molar-refractivity contribution in [3.05, 3.63) is 29.6 Å². The Morgan fingerprint density at radius 2 is 2.09 bits per heavy atom. The standard InChI is InChI=1S/C16H21FN2O3/c1-2-22-14-11(7-5-8-12(14)17)16(21)19-13-9-4-3-6-10(13)15(18)20/h5,7-8,10,13H,2-4,6,9H2,1H3,(H2,18,20)(H,19,21)/t10-,13+/m0/s1. The van der Waals surface area contributed by atoms with Crippen LogP contribution in [0.25, 0.3) is 0 Å². The van der Waals surface area contributed by atoms with Crippen LogP contribution in [-0.4, -0.2) is 24.5 Å². The maximum Gasteiger partial charge on any atom is 0.255 e. The van der Waals surface area contributed by atoms with E-state index < -0.39 is 17.6 Å². The number of nitrogens with two attached hydrogens (primary N) is 1. The van der Waals surface area contributed by atoms with Crippen molar-refractivity contribution in [3.8, 4) is 5.75 Å². The Kier molecular flexibility index (Phi) is 5.35. The van der Waals surface area contributed by atoms with Crippen LogP contribution in [0.1, 0.15) is 43.0 Å². The second kappa shape index (κ2) is 7.24. The normalized spacial score (nSPS) is 21.2. The van der Waals surface area contributed by atoms with Crippen LogP contribution in [-0.2, 0) is 4.79 Å². The fourth-order valence-electron chi connectivity index (χ4n) is 2.87. The predicted molar refractivity (Wildman–Crippen MR) is 80.0 cm³/mol. The van der Waals surface area contributed by atoms with Gasteiger partial charge in [0, 0.05) is 6.04 Å². The van der Waals surface area contributed by atoms with Crippen molar-refractivity contribution in [2.75, 3.05) is 6.61 Å². The van der Waals surface area contributed by atoms with Gasteiger partial charge in [0.05, 0.1) is 18.1 Å². The van der Waals surface area contributed by atoms with Crippen molar-refractivity contribution in [1.82, 2.24) is 5.32 Å². The Morgan fingerprint density at radius 3 is 2.77 bits per heavy atom. The molecule has 5 nitrogen and oxygen atoms in total. The summed E-state index contributed by atoms with van der Waals surface area (Å²) in [6.07, 6.45) is 3.21. The Morgan fingerprint density at radius 1 is 1.36 bits per heavy atom. The summed E-state index contributed by atoms with van der Waals surface area (Å²) in [6.45, 7) is 1.98. The number of rotatable bonds is 5. The van der Waals surface area contributed by atoms with Crippen molar-refractivity contribution in [2.24, 2.45) is 11.7 Å². The fraction of sp³-hybridized carbons (Fsp3) is 0.500. The van der Waals surface area contributed by atoms with Gasteiger partial charge in [-0.05, 0) is 31.9 Å². The van der Waals surface area contributed by atoms with E-state index >= 15 is 0 Å². The molecule has 1 aliphatic carbocycles. The lowest BCUT2D eigenvalue weighted by Crippen LogP contribution is -2.47. The SMILES string of the molecule is CCOc1c(F)cccc1C(=O)N[C@@H]1CCCC[C@@H]1C(N)=O. The zero-order valence-electron chi connectivity index (χ0n) is 12.6. The number of primary amides is 1. The van der Waals surface area contributed by atoms with Crippen LogP contribution in [0.3, 0.4) is 0 Å². The molecule has 1 aliphatic rings. The molecular formula is C16H21FN2O3. The molecule has 0 bridgehead atoms. The number of ether oxygens (including phenoxy) is 1. The van der Waals surface area contributed by atoms with Gasteiger partial charge in [-0.1, -0.05) is 18.9 Å². The minimum Gasteiger partial charge on any atom is -0.490 e. The molecule has 6 heteroatoms. The number of amides is 2. The molecular weight excluding hydrogens is 287 g/mol. The number of halogens is 1. The van der Waals surface area contributed by atoms with Crippen LogP contribution in [0.2, 0.25) is 0 Å². The highest BCUT2D eigenvalue weighted by Gasteiger charge is 2.31. The van der Waals surface area contributed by atoms with Crippen LogP contribution < -0.4 is 15.8 Å². The summed E-state index contributed by atoms with van der Waals surface area (Å²) in [5, 5.41) is 2.81. The molecule has 22 heavy (non-hydrogen) atoms. The quantitative estimate of drug-likeness (QED) is 0.873. The summed E-state index contributed by atoms with van der Waals surface area (Å²) < 4.78 is 19.0. The average Bonchev–Trinajstić information content (AvgIpc) is 2.49. The van der Waals surface area contributed by atoms with Crippen molar-refractivity contribution >= 4 is 11.8 Å². The first-order valence-corrected chi connectivity index (χ1v) is 7.56. The third kappa shape index (κ3) is 3.55. The van der Waals surface area contributed by atoms with E-state index in [1.54, 1.807) is 6.92 Å². The van der Waals surface area contributed by atoms with E-state index in [2.05, 4.69) is 5.32 Å². The molecule has 1 aromatic rings. The van der Waals surface area contributed by atoms with Gasteiger partial charge < -0.3 is 15.8 Å². The lowest BCUT2D eigenvalue weighted by atomic mass is 9.84. The summed E-state index contributed by atoms with van der Waals surface area (Å²) in [4.78, 5) is 23.9. The van der Waals surface area contributed by atoms with E-state index in [1.807, 2.05) is 0 Å². The van der Waals surface area contributed by atoms with Gasteiger partial charge in [-0.3, -0.25) is 9.59 Å². The van der Waals surface area contributed by atoms with Crippen molar-refractivity contribution in [1.29, 1.82) is 0 Å². The van der Waals surface area contributed by atoms with E-state index in [4.69, 9.17) is 10.5 Å². The van der Waals surface area contributed by atoms with Gasteiger partial charge in [0.1, 0.15) is 0 Å². The molecule has 0 unspecified atom stereocenters. The summed E-state index contributed by atoms with van der Waals surface area (Å²) in [7, 11) is 0. The van der Waals surface area contributed by atoms with Gasteiger partial charge in [0.15, 0.2) is 11.6 Å². The second-order valence-corrected chi connectivity index (χ2v) is 5.42. The first-order chi connectivity index (χ1) is 10.5. The molecule has 0 heterocycles. The molecule has 3 N–H and O–H groups in total. The van der Waals surface area contributed by atoms with E-state index in [9.17, 15) is 14.0 Å². The summed E-state index contributed by atoms with van der Waals surface area (Å²) in [5.41, 5.74) is 5.53. The molecule has 2 rings (SSSR count). The maximum absolute atomic E-state index is 13.8. The Hall–Kier alpha value is -2.11. The van der Waals surface area contributed by atoms with E-state index in [0.717, 1.165) is 12.8 Å². The highest BCUT2D eigenvalue weighted by atomic mass is 19.1. The van der Waals surface area contributed by atoms with Crippen molar-refractivity contribution in [3.63, 3.8) is 0 Å². The van der Waals surface area contributed by atoms with Gasteiger partial charge in [0.2, 0.25) is 5.91 Å². The summed E-state index contributed by atoms with van der Waals surface area (Å²) in [5.74, 6) is -1.87. The number of carbonyl (C=O) groups is 2. The van der Waals surface area contributed by atoms with E-state index in [-0.39, 0.29) is 29.9 Å². The molecule has 2 amide bonds. The molecule has 0 spiro atoms. The number of hydrogen-bond donors (Lipinski definition) is 2. The van der Waals surface area contributed by atoms with Gasteiger partial charge >= 0.3 is 0 Å². The highest BCUT2D eigenvalue weighted by molar-refractivity contribution is 5.97.